The molecule has 4 rings (SSSR count). The highest BCUT2D eigenvalue weighted by Crippen LogP contribution is 2.71. The second-order valence-electron chi connectivity index (χ2n) is 10.3. The lowest BCUT2D eigenvalue weighted by atomic mass is 9.39. The Balaban J connectivity index is 1.91. The predicted octanol–water partition coefficient (Wildman–Crippen LogP) is 2.64. The summed E-state index contributed by atoms with van der Waals surface area (Å²) in [6.07, 6.45) is 1.41. The number of carbonyl (C=O) groups is 2. The average Bonchev–Trinajstić information content (AvgIpc) is 2.70. The Morgan fingerprint density at radius 3 is 2.41 bits per heavy atom. The Bertz CT molecular complexity index is 711. The van der Waals surface area contributed by atoms with E-state index in [4.69, 9.17) is 4.74 Å². The van der Waals surface area contributed by atoms with Crippen LogP contribution in [0.3, 0.4) is 0 Å². The van der Waals surface area contributed by atoms with Crippen molar-refractivity contribution < 1.29 is 24.5 Å². The molecule has 0 saturated heterocycles. The van der Waals surface area contributed by atoms with Crippen LogP contribution in [0.4, 0.5) is 0 Å². The minimum atomic E-state index is -1.16. The lowest BCUT2D eigenvalue weighted by Gasteiger charge is -2.66. The number of rotatable bonds is 1. The standard InChI is InChI=1S/C22H32O5/c1-11-13-6-7-14-21(5)15(20(3,4)9-8-16(21)24)10-17(25)22(14,18(11)26)19(13)27-12(2)23/h13-17,19,24-25H,1,6-10H2,2-5H3/t13-,14-,15+,16-,17+,19+,21-,22-/m0/s1. The fourth-order valence-electron chi connectivity index (χ4n) is 7.65. The van der Waals surface area contributed by atoms with Gasteiger partial charge in [-0.2, -0.15) is 0 Å². The second kappa shape index (κ2) is 5.66. The van der Waals surface area contributed by atoms with Crippen molar-refractivity contribution in [2.75, 3.05) is 0 Å². The minimum absolute atomic E-state index is 0.0248. The van der Waals surface area contributed by atoms with E-state index in [1.54, 1.807) is 0 Å². The van der Waals surface area contributed by atoms with Crippen LogP contribution < -0.4 is 0 Å². The maximum Gasteiger partial charge on any atom is 0.302 e. The van der Waals surface area contributed by atoms with Gasteiger partial charge in [-0.15, -0.1) is 0 Å². The Kier molecular flexibility index (Phi) is 4.01. The molecule has 4 fully saturated rings. The molecule has 5 nitrogen and oxygen atoms in total. The lowest BCUT2D eigenvalue weighted by molar-refractivity contribution is -0.254. The van der Waals surface area contributed by atoms with Gasteiger partial charge in [0.25, 0.3) is 0 Å². The molecule has 4 saturated carbocycles. The van der Waals surface area contributed by atoms with Crippen molar-refractivity contribution in [1.82, 2.24) is 0 Å². The highest BCUT2D eigenvalue weighted by atomic mass is 16.5. The normalized spacial score (nSPS) is 50.7. The van der Waals surface area contributed by atoms with Crippen molar-refractivity contribution >= 4 is 11.8 Å². The molecule has 8 atom stereocenters. The zero-order valence-corrected chi connectivity index (χ0v) is 16.8. The summed E-state index contributed by atoms with van der Waals surface area (Å²) in [5, 5.41) is 22.5. The number of Topliss-reactive ketones (excluding diaryl/α,β-unsaturated/α-hetero) is 1. The van der Waals surface area contributed by atoms with E-state index in [9.17, 15) is 19.8 Å². The topological polar surface area (TPSA) is 83.8 Å². The molecule has 2 bridgehead atoms. The van der Waals surface area contributed by atoms with Gasteiger partial charge in [0.05, 0.1) is 12.2 Å². The number of aliphatic hydroxyl groups excluding tert-OH is 2. The Morgan fingerprint density at radius 1 is 1.11 bits per heavy atom. The minimum Gasteiger partial charge on any atom is -0.461 e. The molecule has 0 aromatic rings. The van der Waals surface area contributed by atoms with Gasteiger partial charge in [0.2, 0.25) is 0 Å². The van der Waals surface area contributed by atoms with Crippen LogP contribution in [0.1, 0.15) is 59.8 Å². The maximum absolute atomic E-state index is 13.5. The third kappa shape index (κ3) is 2.13. The SMILES string of the molecule is C=C1C(=O)[C@@]23[C@H](O)C[C@@H]4C(C)(C)CC[C@H](O)[C@@]4(C)[C@@H]2CC[C@@H]1[C@H]3OC(C)=O. The second-order valence-corrected chi connectivity index (χ2v) is 10.3. The molecule has 27 heavy (non-hydrogen) atoms. The van der Waals surface area contributed by atoms with E-state index >= 15 is 0 Å². The molecule has 2 N–H and O–H groups in total. The maximum atomic E-state index is 13.5. The van der Waals surface area contributed by atoms with Crippen molar-refractivity contribution in [3.05, 3.63) is 12.2 Å². The van der Waals surface area contributed by atoms with Crippen LogP contribution in [0.25, 0.3) is 0 Å². The van der Waals surface area contributed by atoms with E-state index in [1.165, 1.54) is 6.92 Å². The molecule has 0 aromatic heterocycles. The van der Waals surface area contributed by atoms with Crippen LogP contribution in [-0.2, 0) is 14.3 Å². The van der Waals surface area contributed by atoms with Crippen molar-refractivity contribution in [2.45, 2.75) is 78.1 Å². The monoisotopic (exact) mass is 376 g/mol. The first kappa shape index (κ1) is 19.1. The van der Waals surface area contributed by atoms with Crippen LogP contribution in [0.5, 0.6) is 0 Å². The van der Waals surface area contributed by atoms with E-state index in [0.29, 0.717) is 24.8 Å². The fraction of sp³-hybridized carbons (Fsp3) is 0.818. The first-order valence-corrected chi connectivity index (χ1v) is 10.3. The van der Waals surface area contributed by atoms with Gasteiger partial charge in [-0.1, -0.05) is 27.4 Å². The highest BCUT2D eigenvalue weighted by molar-refractivity contribution is 6.04. The van der Waals surface area contributed by atoms with Gasteiger partial charge in [0.1, 0.15) is 11.5 Å². The van der Waals surface area contributed by atoms with Gasteiger partial charge >= 0.3 is 5.97 Å². The van der Waals surface area contributed by atoms with E-state index in [2.05, 4.69) is 27.4 Å². The molecule has 4 aliphatic rings. The fourth-order valence-corrected chi connectivity index (χ4v) is 7.65. The third-order valence-electron chi connectivity index (χ3n) is 8.84. The molecular weight excluding hydrogens is 344 g/mol. The molecule has 0 aromatic carbocycles. The summed E-state index contributed by atoms with van der Waals surface area (Å²) in [5.41, 5.74) is -1.20. The van der Waals surface area contributed by atoms with Crippen LogP contribution in [0.15, 0.2) is 12.2 Å². The smallest absolute Gasteiger partial charge is 0.302 e. The molecule has 0 aliphatic heterocycles. The molecule has 1 spiro atoms. The van der Waals surface area contributed by atoms with Gasteiger partial charge in [-0.05, 0) is 54.9 Å². The number of aliphatic hydroxyl groups is 2. The Morgan fingerprint density at radius 2 is 1.78 bits per heavy atom. The Labute approximate surface area is 161 Å². The lowest BCUT2D eigenvalue weighted by Crippen LogP contribution is -2.70. The van der Waals surface area contributed by atoms with Crippen molar-refractivity contribution in [3.8, 4) is 0 Å². The number of esters is 1. The molecule has 0 amide bonds. The predicted molar refractivity (Wildman–Crippen MR) is 99.6 cm³/mol. The molecule has 0 radical (unpaired) electrons. The summed E-state index contributed by atoms with van der Waals surface area (Å²) < 4.78 is 5.70. The average molecular weight is 376 g/mol. The summed E-state index contributed by atoms with van der Waals surface area (Å²) in [6.45, 7) is 11.9. The summed E-state index contributed by atoms with van der Waals surface area (Å²) in [5.74, 6) is -0.919. The number of fused-ring (bicyclic) bond motifs is 3. The first-order valence-electron chi connectivity index (χ1n) is 10.3. The zero-order valence-electron chi connectivity index (χ0n) is 16.8. The molecule has 0 heterocycles. The van der Waals surface area contributed by atoms with E-state index < -0.39 is 35.1 Å². The largest absolute Gasteiger partial charge is 0.461 e. The molecule has 150 valence electrons. The number of hydrogen-bond donors (Lipinski definition) is 2. The summed E-state index contributed by atoms with van der Waals surface area (Å²) in [4.78, 5) is 25.4. The van der Waals surface area contributed by atoms with E-state index in [-0.39, 0.29) is 29.0 Å². The van der Waals surface area contributed by atoms with E-state index in [1.807, 2.05) is 0 Å². The first-order chi connectivity index (χ1) is 12.5. The quantitative estimate of drug-likeness (QED) is 0.543. The van der Waals surface area contributed by atoms with Gasteiger partial charge < -0.3 is 14.9 Å². The Hall–Kier alpha value is -1.20. The van der Waals surface area contributed by atoms with Crippen molar-refractivity contribution in [2.24, 2.45) is 34.0 Å². The molecular formula is C22H32O5. The summed E-state index contributed by atoms with van der Waals surface area (Å²) in [6, 6.07) is 0. The van der Waals surface area contributed by atoms with Crippen molar-refractivity contribution in [1.29, 1.82) is 0 Å². The van der Waals surface area contributed by atoms with Crippen LogP contribution >= 0.6 is 0 Å². The molecule has 4 aliphatic carbocycles. The van der Waals surface area contributed by atoms with Gasteiger partial charge in [0.15, 0.2) is 5.78 Å². The third-order valence-corrected chi connectivity index (χ3v) is 8.84. The number of ether oxygens (including phenoxy) is 1. The highest BCUT2D eigenvalue weighted by Gasteiger charge is 2.76. The number of hydrogen-bond acceptors (Lipinski definition) is 5. The molecule has 5 heteroatoms. The van der Waals surface area contributed by atoms with Crippen LogP contribution in [0.2, 0.25) is 0 Å². The van der Waals surface area contributed by atoms with Crippen LogP contribution in [0, 0.1) is 34.0 Å². The molecule has 0 unspecified atom stereocenters. The van der Waals surface area contributed by atoms with E-state index in [0.717, 1.165) is 12.8 Å². The number of ketones is 1. The summed E-state index contributed by atoms with van der Waals surface area (Å²) >= 11 is 0. The summed E-state index contributed by atoms with van der Waals surface area (Å²) in [7, 11) is 0. The van der Waals surface area contributed by atoms with Gasteiger partial charge in [-0.25, -0.2) is 0 Å². The van der Waals surface area contributed by atoms with Crippen LogP contribution in [-0.4, -0.2) is 40.3 Å². The van der Waals surface area contributed by atoms with Crippen molar-refractivity contribution in [3.63, 3.8) is 0 Å². The zero-order chi connectivity index (χ0) is 19.9. The van der Waals surface area contributed by atoms with Gasteiger partial charge in [-0.3, -0.25) is 9.59 Å². The number of carbonyl (C=O) groups excluding carboxylic acids is 2. The van der Waals surface area contributed by atoms with Gasteiger partial charge in [0, 0.05) is 18.3 Å².